The summed E-state index contributed by atoms with van der Waals surface area (Å²) >= 11 is 5.69. The van der Waals surface area contributed by atoms with Gasteiger partial charge in [-0.3, -0.25) is 4.79 Å². The van der Waals surface area contributed by atoms with Crippen LogP contribution in [0.5, 0.6) is 0 Å². The molecule has 0 aliphatic rings. The van der Waals surface area contributed by atoms with E-state index in [-0.39, 0.29) is 5.91 Å². The summed E-state index contributed by atoms with van der Waals surface area (Å²) in [4.78, 5) is 15.7. The summed E-state index contributed by atoms with van der Waals surface area (Å²) in [5.41, 5.74) is -0.547. The zero-order valence-corrected chi connectivity index (χ0v) is 10.5. The number of aryl methyl sites for hydroxylation is 1. The quantitative estimate of drug-likeness (QED) is 0.794. The molecule has 5 nitrogen and oxygen atoms in total. The molecule has 1 aromatic rings. The van der Waals surface area contributed by atoms with Gasteiger partial charge in [0.15, 0.2) is 5.82 Å². The molecule has 0 radical (unpaired) electrons. The highest BCUT2D eigenvalue weighted by atomic mass is 35.5. The Morgan fingerprint density at radius 1 is 1.56 bits per heavy atom. The maximum Gasteiger partial charge on any atom is 0.226 e. The second kappa shape index (κ2) is 5.30. The van der Waals surface area contributed by atoms with E-state index in [1.807, 2.05) is 0 Å². The van der Waals surface area contributed by atoms with Crippen molar-refractivity contribution in [3.05, 3.63) is 11.7 Å². The molecule has 0 aliphatic heterocycles. The van der Waals surface area contributed by atoms with Gasteiger partial charge in [-0.15, -0.1) is 11.6 Å². The molecule has 16 heavy (non-hydrogen) atoms. The SMILES string of the molecule is Cc1nc(CCNC(=O)C(C)(C)CCl)no1. The number of carbonyl (C=O) groups excluding carboxylic acids is 1. The largest absolute Gasteiger partial charge is 0.355 e. The van der Waals surface area contributed by atoms with E-state index in [0.717, 1.165) is 0 Å². The van der Waals surface area contributed by atoms with E-state index in [4.69, 9.17) is 16.1 Å². The van der Waals surface area contributed by atoms with Gasteiger partial charge in [0.05, 0.1) is 5.41 Å². The fourth-order valence-electron chi connectivity index (χ4n) is 1.03. The number of halogens is 1. The normalized spacial score (nSPS) is 11.5. The molecule has 0 spiro atoms. The molecule has 0 bridgehead atoms. The van der Waals surface area contributed by atoms with Crippen molar-refractivity contribution < 1.29 is 9.32 Å². The van der Waals surface area contributed by atoms with Crippen LogP contribution in [-0.4, -0.2) is 28.5 Å². The highest BCUT2D eigenvalue weighted by molar-refractivity contribution is 6.19. The molecule has 0 aliphatic carbocycles. The molecule has 6 heteroatoms. The minimum atomic E-state index is -0.547. The summed E-state index contributed by atoms with van der Waals surface area (Å²) in [5.74, 6) is 1.35. The van der Waals surface area contributed by atoms with Gasteiger partial charge in [0.2, 0.25) is 11.8 Å². The van der Waals surface area contributed by atoms with Crippen molar-refractivity contribution in [1.82, 2.24) is 15.5 Å². The lowest BCUT2D eigenvalue weighted by Crippen LogP contribution is -2.39. The van der Waals surface area contributed by atoms with Gasteiger partial charge in [-0.25, -0.2) is 0 Å². The van der Waals surface area contributed by atoms with Crippen LogP contribution in [0.4, 0.5) is 0 Å². The Labute approximate surface area is 99.6 Å². The average molecular weight is 246 g/mol. The number of rotatable bonds is 5. The first-order valence-corrected chi connectivity index (χ1v) is 5.62. The number of carbonyl (C=O) groups is 1. The molecule has 1 N–H and O–H groups in total. The lowest BCUT2D eigenvalue weighted by Gasteiger charge is -2.19. The van der Waals surface area contributed by atoms with Crippen LogP contribution >= 0.6 is 11.6 Å². The molecule has 0 saturated carbocycles. The number of alkyl halides is 1. The Bertz CT molecular complexity index is 363. The number of nitrogens with zero attached hydrogens (tertiary/aromatic N) is 2. The van der Waals surface area contributed by atoms with Crippen molar-refractivity contribution >= 4 is 17.5 Å². The van der Waals surface area contributed by atoms with E-state index in [1.54, 1.807) is 20.8 Å². The Morgan fingerprint density at radius 3 is 2.75 bits per heavy atom. The van der Waals surface area contributed by atoms with E-state index < -0.39 is 5.41 Å². The number of amides is 1. The maximum atomic E-state index is 11.6. The fourth-order valence-corrected chi connectivity index (χ4v) is 1.15. The monoisotopic (exact) mass is 245 g/mol. The molecule has 0 aromatic carbocycles. The van der Waals surface area contributed by atoms with Gasteiger partial charge in [-0.05, 0) is 13.8 Å². The summed E-state index contributed by atoms with van der Waals surface area (Å²) in [7, 11) is 0. The van der Waals surface area contributed by atoms with Gasteiger partial charge in [0, 0.05) is 25.8 Å². The first-order valence-electron chi connectivity index (χ1n) is 5.09. The van der Waals surface area contributed by atoms with Gasteiger partial charge >= 0.3 is 0 Å². The third kappa shape index (κ3) is 3.48. The fraction of sp³-hybridized carbons (Fsp3) is 0.700. The molecule has 90 valence electrons. The summed E-state index contributed by atoms with van der Waals surface area (Å²) in [6.07, 6.45) is 0.557. The number of hydrogen-bond donors (Lipinski definition) is 1. The zero-order valence-electron chi connectivity index (χ0n) is 9.71. The summed E-state index contributed by atoms with van der Waals surface area (Å²) in [6.45, 7) is 5.81. The average Bonchev–Trinajstić information content (AvgIpc) is 2.64. The molecule has 1 rings (SSSR count). The summed E-state index contributed by atoms with van der Waals surface area (Å²) < 4.78 is 4.82. The zero-order chi connectivity index (χ0) is 12.2. The molecule has 1 heterocycles. The topological polar surface area (TPSA) is 68.0 Å². The molecule has 0 unspecified atom stereocenters. The number of nitrogens with one attached hydrogen (secondary N) is 1. The van der Waals surface area contributed by atoms with Crippen LogP contribution in [0.25, 0.3) is 0 Å². The molecular weight excluding hydrogens is 230 g/mol. The van der Waals surface area contributed by atoms with Gasteiger partial charge in [-0.2, -0.15) is 4.98 Å². The Hall–Kier alpha value is -1.10. The van der Waals surface area contributed by atoms with Gasteiger partial charge in [0.25, 0.3) is 0 Å². The first kappa shape index (κ1) is 13.0. The van der Waals surface area contributed by atoms with E-state index in [0.29, 0.717) is 30.6 Å². The minimum Gasteiger partial charge on any atom is -0.355 e. The second-order valence-electron chi connectivity index (χ2n) is 4.25. The van der Waals surface area contributed by atoms with E-state index in [1.165, 1.54) is 0 Å². The molecule has 1 aromatic heterocycles. The number of aromatic nitrogens is 2. The first-order chi connectivity index (χ1) is 7.45. The predicted octanol–water partition coefficient (Wildman–Crippen LogP) is 1.30. The van der Waals surface area contributed by atoms with E-state index >= 15 is 0 Å². The van der Waals surface area contributed by atoms with Crippen molar-refractivity contribution in [3.8, 4) is 0 Å². The highest BCUT2D eigenvalue weighted by Crippen LogP contribution is 2.16. The van der Waals surface area contributed by atoms with E-state index in [9.17, 15) is 4.79 Å². The predicted molar refractivity (Wildman–Crippen MR) is 60.2 cm³/mol. The van der Waals surface area contributed by atoms with Crippen molar-refractivity contribution in [3.63, 3.8) is 0 Å². The molecular formula is C10H16ClN3O2. The van der Waals surface area contributed by atoms with Crippen molar-refractivity contribution in [2.75, 3.05) is 12.4 Å². The van der Waals surface area contributed by atoms with Crippen LogP contribution in [0.1, 0.15) is 25.6 Å². The summed E-state index contributed by atoms with van der Waals surface area (Å²) in [6, 6.07) is 0. The van der Waals surface area contributed by atoms with Crippen LogP contribution in [0, 0.1) is 12.3 Å². The highest BCUT2D eigenvalue weighted by Gasteiger charge is 2.25. The Morgan fingerprint density at radius 2 is 2.25 bits per heavy atom. The Kier molecular flexibility index (Phi) is 4.29. The lowest BCUT2D eigenvalue weighted by atomic mass is 9.95. The standard InChI is InChI=1S/C10H16ClN3O2/c1-7-13-8(14-16-7)4-5-12-9(15)10(2,3)6-11/h4-6H2,1-3H3,(H,12,15). The van der Waals surface area contributed by atoms with Crippen molar-refractivity contribution in [1.29, 1.82) is 0 Å². The lowest BCUT2D eigenvalue weighted by molar-refractivity contribution is -0.128. The third-order valence-corrected chi connectivity index (χ3v) is 2.82. The third-order valence-electron chi connectivity index (χ3n) is 2.15. The van der Waals surface area contributed by atoms with E-state index in [2.05, 4.69) is 15.5 Å². The maximum absolute atomic E-state index is 11.6. The van der Waals surface area contributed by atoms with Crippen LogP contribution in [0.15, 0.2) is 4.52 Å². The smallest absolute Gasteiger partial charge is 0.226 e. The van der Waals surface area contributed by atoms with Crippen molar-refractivity contribution in [2.24, 2.45) is 5.41 Å². The van der Waals surface area contributed by atoms with Gasteiger partial charge in [-0.1, -0.05) is 5.16 Å². The molecule has 0 saturated heterocycles. The Balaban J connectivity index is 2.33. The minimum absolute atomic E-state index is 0.0669. The second-order valence-corrected chi connectivity index (χ2v) is 4.52. The van der Waals surface area contributed by atoms with Crippen LogP contribution < -0.4 is 5.32 Å². The van der Waals surface area contributed by atoms with Crippen LogP contribution in [0.3, 0.4) is 0 Å². The summed E-state index contributed by atoms with van der Waals surface area (Å²) in [5, 5.41) is 6.52. The molecule has 1 amide bonds. The molecule has 0 atom stereocenters. The van der Waals surface area contributed by atoms with Crippen molar-refractivity contribution in [2.45, 2.75) is 27.2 Å². The van der Waals surface area contributed by atoms with Crippen LogP contribution in [-0.2, 0) is 11.2 Å². The van der Waals surface area contributed by atoms with Gasteiger partial charge < -0.3 is 9.84 Å². The van der Waals surface area contributed by atoms with Crippen LogP contribution in [0.2, 0.25) is 0 Å². The molecule has 0 fully saturated rings. The van der Waals surface area contributed by atoms with Gasteiger partial charge in [0.1, 0.15) is 0 Å². The number of hydrogen-bond acceptors (Lipinski definition) is 4.